The zero-order valence-corrected chi connectivity index (χ0v) is 16.0. The van der Waals surface area contributed by atoms with E-state index in [9.17, 15) is 4.79 Å². The van der Waals surface area contributed by atoms with Gasteiger partial charge < -0.3 is 14.8 Å². The van der Waals surface area contributed by atoms with E-state index in [1.807, 2.05) is 20.8 Å². The molecule has 1 aliphatic rings. The minimum absolute atomic E-state index is 0.318. The van der Waals surface area contributed by atoms with Crippen LogP contribution in [0.1, 0.15) is 70.4 Å². The molecule has 2 rings (SSSR count). The standard InChI is InChI=1S/C15H23NO.C5H10O2/c1-11(2)15-10-13(17-3)4-5-14(15)12-6-8-16-9-7-12;1-5(2,3)7-4-6/h4-5,10-12,16H,6-9H2,1-3H3;4H,1-3H3. The lowest BCUT2D eigenvalue weighted by Crippen LogP contribution is -2.27. The number of hydrogen-bond donors (Lipinski definition) is 1. The normalized spacial score (nSPS) is 15.5. The lowest BCUT2D eigenvalue weighted by atomic mass is 9.84. The number of benzene rings is 1. The molecule has 0 bridgehead atoms. The van der Waals surface area contributed by atoms with Crippen LogP contribution in [0.2, 0.25) is 0 Å². The summed E-state index contributed by atoms with van der Waals surface area (Å²) in [4.78, 5) is 9.60. The summed E-state index contributed by atoms with van der Waals surface area (Å²) in [6.07, 6.45) is 2.51. The van der Waals surface area contributed by atoms with E-state index in [2.05, 4.69) is 42.1 Å². The van der Waals surface area contributed by atoms with Gasteiger partial charge in [0.15, 0.2) is 0 Å². The first-order valence-electron chi connectivity index (χ1n) is 8.78. The third-order valence-corrected chi connectivity index (χ3v) is 4.10. The molecule has 0 unspecified atom stereocenters. The van der Waals surface area contributed by atoms with Crippen LogP contribution >= 0.6 is 0 Å². The number of nitrogens with one attached hydrogen (secondary N) is 1. The number of ether oxygens (including phenoxy) is 2. The fraction of sp³-hybridized carbons (Fsp3) is 0.650. The highest BCUT2D eigenvalue weighted by Gasteiger charge is 2.19. The van der Waals surface area contributed by atoms with Crippen LogP contribution in [0.3, 0.4) is 0 Å². The van der Waals surface area contributed by atoms with Gasteiger partial charge in [0, 0.05) is 0 Å². The second-order valence-corrected chi connectivity index (χ2v) is 7.50. The monoisotopic (exact) mass is 335 g/mol. The first kappa shape index (κ1) is 20.5. The number of carbonyl (C=O) groups excluding carboxylic acids is 1. The topological polar surface area (TPSA) is 47.6 Å². The Morgan fingerprint density at radius 2 is 1.83 bits per heavy atom. The summed E-state index contributed by atoms with van der Waals surface area (Å²) in [6.45, 7) is 12.7. The SMILES string of the molecule is CC(C)(C)OC=O.COc1ccc(C2CCNCC2)c(C(C)C)c1. The predicted octanol–water partition coefficient (Wildman–Crippen LogP) is 4.24. The molecule has 0 aliphatic carbocycles. The summed E-state index contributed by atoms with van der Waals surface area (Å²) in [5.74, 6) is 2.26. The Labute approximate surface area is 146 Å². The van der Waals surface area contributed by atoms with Crippen LogP contribution in [0, 0.1) is 0 Å². The van der Waals surface area contributed by atoms with Crippen LogP contribution in [-0.2, 0) is 9.53 Å². The Morgan fingerprint density at radius 3 is 2.25 bits per heavy atom. The number of methoxy groups -OCH3 is 1. The Balaban J connectivity index is 0.000000351. The zero-order chi connectivity index (χ0) is 18.2. The molecule has 1 saturated heterocycles. The van der Waals surface area contributed by atoms with E-state index in [1.165, 1.54) is 24.0 Å². The number of hydrogen-bond acceptors (Lipinski definition) is 4. The van der Waals surface area contributed by atoms with Gasteiger partial charge in [-0.25, -0.2) is 0 Å². The minimum Gasteiger partial charge on any atom is -0.497 e. The fourth-order valence-electron chi connectivity index (χ4n) is 2.83. The molecule has 4 heteroatoms. The van der Waals surface area contributed by atoms with Crippen LogP contribution in [0.5, 0.6) is 5.75 Å². The van der Waals surface area contributed by atoms with Crippen molar-refractivity contribution in [2.75, 3.05) is 20.2 Å². The van der Waals surface area contributed by atoms with Gasteiger partial charge in [0.2, 0.25) is 0 Å². The zero-order valence-electron chi connectivity index (χ0n) is 16.0. The maximum absolute atomic E-state index is 9.60. The summed E-state index contributed by atoms with van der Waals surface area (Å²) in [5.41, 5.74) is 2.67. The van der Waals surface area contributed by atoms with Crippen molar-refractivity contribution in [1.82, 2.24) is 5.32 Å². The second kappa shape index (κ2) is 9.67. The minimum atomic E-state index is -0.318. The molecule has 0 aromatic heterocycles. The lowest BCUT2D eigenvalue weighted by Gasteiger charge is -2.26. The largest absolute Gasteiger partial charge is 0.497 e. The molecule has 4 nitrogen and oxygen atoms in total. The van der Waals surface area contributed by atoms with Crippen LogP contribution in [0.4, 0.5) is 0 Å². The van der Waals surface area contributed by atoms with Crippen molar-refractivity contribution in [3.63, 3.8) is 0 Å². The molecular formula is C20H33NO3. The van der Waals surface area contributed by atoms with Crippen molar-refractivity contribution in [3.05, 3.63) is 29.3 Å². The van der Waals surface area contributed by atoms with E-state index in [0.29, 0.717) is 12.4 Å². The second-order valence-electron chi connectivity index (χ2n) is 7.50. The molecule has 136 valence electrons. The highest BCUT2D eigenvalue weighted by Crippen LogP contribution is 2.34. The molecule has 0 radical (unpaired) electrons. The third-order valence-electron chi connectivity index (χ3n) is 4.10. The average Bonchev–Trinajstić information content (AvgIpc) is 2.54. The summed E-state index contributed by atoms with van der Waals surface area (Å²) in [7, 11) is 1.74. The Kier molecular flexibility index (Phi) is 8.26. The van der Waals surface area contributed by atoms with Gasteiger partial charge in [-0.15, -0.1) is 0 Å². The quantitative estimate of drug-likeness (QED) is 0.836. The van der Waals surface area contributed by atoms with E-state index < -0.39 is 0 Å². The third kappa shape index (κ3) is 6.91. The van der Waals surface area contributed by atoms with Gasteiger partial charge in [0.1, 0.15) is 11.4 Å². The molecule has 0 spiro atoms. The van der Waals surface area contributed by atoms with Gasteiger partial charge in [-0.05, 0) is 81.8 Å². The van der Waals surface area contributed by atoms with Gasteiger partial charge >= 0.3 is 0 Å². The molecule has 1 aromatic rings. The molecule has 1 aromatic carbocycles. The fourth-order valence-corrected chi connectivity index (χ4v) is 2.83. The summed E-state index contributed by atoms with van der Waals surface area (Å²) in [5, 5.41) is 3.43. The number of carbonyl (C=O) groups is 1. The van der Waals surface area contributed by atoms with E-state index in [1.54, 1.807) is 7.11 Å². The van der Waals surface area contributed by atoms with Gasteiger partial charge in [-0.1, -0.05) is 19.9 Å². The predicted molar refractivity (Wildman–Crippen MR) is 98.8 cm³/mol. The molecule has 1 aliphatic heterocycles. The van der Waals surface area contributed by atoms with E-state index in [4.69, 9.17) is 4.74 Å². The summed E-state index contributed by atoms with van der Waals surface area (Å²) >= 11 is 0. The van der Waals surface area contributed by atoms with E-state index >= 15 is 0 Å². The summed E-state index contributed by atoms with van der Waals surface area (Å²) < 4.78 is 9.88. The first-order valence-corrected chi connectivity index (χ1v) is 8.78. The van der Waals surface area contributed by atoms with Gasteiger partial charge in [0.25, 0.3) is 6.47 Å². The first-order chi connectivity index (χ1) is 11.3. The smallest absolute Gasteiger partial charge is 0.293 e. The van der Waals surface area contributed by atoms with Crippen LogP contribution < -0.4 is 10.1 Å². The number of rotatable bonds is 4. The van der Waals surface area contributed by atoms with Crippen molar-refractivity contribution in [2.45, 2.75) is 64.9 Å². The van der Waals surface area contributed by atoms with Gasteiger partial charge in [0.05, 0.1) is 7.11 Å². The Hall–Kier alpha value is -1.55. The van der Waals surface area contributed by atoms with Gasteiger partial charge in [-0.3, -0.25) is 4.79 Å². The van der Waals surface area contributed by atoms with Crippen molar-refractivity contribution >= 4 is 6.47 Å². The molecule has 0 atom stereocenters. The molecule has 1 heterocycles. The maximum Gasteiger partial charge on any atom is 0.293 e. The van der Waals surface area contributed by atoms with E-state index in [-0.39, 0.29) is 5.60 Å². The van der Waals surface area contributed by atoms with Crippen molar-refractivity contribution < 1.29 is 14.3 Å². The lowest BCUT2D eigenvalue weighted by molar-refractivity contribution is -0.138. The van der Waals surface area contributed by atoms with Crippen LogP contribution in [-0.4, -0.2) is 32.3 Å². The number of piperidine rings is 1. The molecule has 1 fully saturated rings. The molecular weight excluding hydrogens is 302 g/mol. The van der Waals surface area contributed by atoms with Crippen molar-refractivity contribution in [1.29, 1.82) is 0 Å². The molecule has 1 N–H and O–H groups in total. The Bertz CT molecular complexity index is 500. The van der Waals surface area contributed by atoms with Crippen LogP contribution in [0.15, 0.2) is 18.2 Å². The van der Waals surface area contributed by atoms with Crippen molar-refractivity contribution in [2.24, 2.45) is 0 Å². The van der Waals surface area contributed by atoms with Crippen molar-refractivity contribution in [3.8, 4) is 5.75 Å². The van der Waals surface area contributed by atoms with E-state index in [0.717, 1.165) is 24.8 Å². The highest BCUT2D eigenvalue weighted by atomic mass is 16.5. The summed E-state index contributed by atoms with van der Waals surface area (Å²) in [6, 6.07) is 6.58. The highest BCUT2D eigenvalue weighted by molar-refractivity contribution is 5.40. The average molecular weight is 335 g/mol. The molecule has 0 saturated carbocycles. The molecule has 24 heavy (non-hydrogen) atoms. The molecule has 0 amide bonds. The maximum atomic E-state index is 9.60. The van der Waals surface area contributed by atoms with Gasteiger partial charge in [-0.2, -0.15) is 0 Å². The van der Waals surface area contributed by atoms with Crippen LogP contribution in [0.25, 0.3) is 0 Å². The Morgan fingerprint density at radius 1 is 1.21 bits per heavy atom.